The van der Waals surface area contributed by atoms with Gasteiger partial charge in [0, 0.05) is 32.6 Å². The van der Waals surface area contributed by atoms with Crippen LogP contribution in [0.5, 0.6) is 0 Å². The smallest absolute Gasteiger partial charge is 0.179 e. The number of furan rings is 1. The van der Waals surface area contributed by atoms with Crippen molar-refractivity contribution in [2.24, 2.45) is 0 Å². The molecule has 0 aliphatic carbocycles. The second-order valence-electron chi connectivity index (χ2n) is 14.8. The number of benzene rings is 10. The lowest BCUT2D eigenvalue weighted by molar-refractivity contribution is 0.666. The molecule has 3 nitrogen and oxygen atoms in total. The van der Waals surface area contributed by atoms with Gasteiger partial charge in [-0.25, -0.2) is 0 Å². The van der Waals surface area contributed by atoms with Crippen LogP contribution in [0.4, 0.5) is 0 Å². The lowest BCUT2D eigenvalue weighted by Gasteiger charge is -2.35. The molecule has 1 unspecified atom stereocenters. The van der Waals surface area contributed by atoms with Crippen molar-refractivity contribution in [2.75, 3.05) is 0 Å². The Morgan fingerprint density at radius 2 is 1.00 bits per heavy atom. The Bertz CT molecular complexity index is 5330. The third-order valence-electron chi connectivity index (χ3n) is 11.6. The lowest BCUT2D eigenvalue weighted by Crippen LogP contribution is -2.74. The minimum Gasteiger partial charge on any atom is -0.454 e. The van der Waals surface area contributed by atoms with E-state index in [-0.39, 0.29) is 65.7 Å². The van der Waals surface area contributed by atoms with E-state index in [1.807, 2.05) is 0 Å². The van der Waals surface area contributed by atoms with Gasteiger partial charge >= 0.3 is 0 Å². The van der Waals surface area contributed by atoms with E-state index in [1.54, 1.807) is 54.6 Å². The summed E-state index contributed by atoms with van der Waals surface area (Å²) in [6.45, 7) is 0. The summed E-state index contributed by atoms with van der Waals surface area (Å²) in [5.74, 6) is 0. The molecule has 0 fully saturated rings. The van der Waals surface area contributed by atoms with Crippen molar-refractivity contribution >= 4 is 94.4 Å². The van der Waals surface area contributed by atoms with Gasteiger partial charge in [-0.05, 0) is 74.2 Å². The van der Waals surface area contributed by atoms with Crippen LogP contribution in [0.1, 0.15) is 35.6 Å². The molecule has 13 rings (SSSR count). The van der Waals surface area contributed by atoms with Gasteiger partial charge < -0.3 is 13.6 Å². The summed E-state index contributed by atoms with van der Waals surface area (Å²) < 4.78 is 253. The molecule has 0 aliphatic rings. The average molecular weight is 859 g/mol. The maximum atomic E-state index is 10.9. The molecule has 0 amide bonds. The number of nitrogens with zero attached hydrogens (tertiary/aromatic N) is 2. The molecule has 300 valence electrons. The van der Waals surface area contributed by atoms with Gasteiger partial charge in [0.05, 0.1) is 68.8 Å². The molecular weight excluding hydrogens is 793 g/mol. The molecule has 0 radical (unpaired) electrons. The average Bonchev–Trinajstić information content (AvgIpc) is 1.11. The Balaban J connectivity index is 1.28. The second-order valence-corrected chi connectivity index (χ2v) is 18.4. The zero-order chi connectivity index (χ0) is 64.8. The van der Waals surface area contributed by atoms with Crippen LogP contribution in [0.2, 0.25) is 0 Å². The molecule has 0 aliphatic heterocycles. The van der Waals surface area contributed by atoms with Gasteiger partial charge in [0.15, 0.2) is 13.7 Å². The number of fused-ring (bicyclic) bond motifs is 10. The fourth-order valence-electron chi connectivity index (χ4n) is 8.98. The van der Waals surface area contributed by atoms with E-state index in [4.69, 9.17) is 18.1 Å². The minimum atomic E-state index is -5.76. The highest BCUT2D eigenvalue weighted by Gasteiger charge is 2.42. The summed E-state index contributed by atoms with van der Waals surface area (Å²) in [6.07, 6.45) is 0. The second kappa shape index (κ2) is 14.5. The van der Waals surface area contributed by atoms with E-state index < -0.39 is 198 Å². The van der Waals surface area contributed by atoms with Gasteiger partial charge in [0.1, 0.15) is 5.58 Å². The van der Waals surface area contributed by atoms with Gasteiger partial charge in [-0.1, -0.05) is 200 Å². The highest BCUT2D eigenvalue weighted by Crippen LogP contribution is 2.45. The minimum absolute atomic E-state index is 0.00571. The van der Waals surface area contributed by atoms with Gasteiger partial charge in [-0.3, -0.25) is 0 Å². The maximum Gasteiger partial charge on any atom is 0.179 e. The highest BCUT2D eigenvalue weighted by atomic mass is 28.3. The van der Waals surface area contributed by atoms with Crippen LogP contribution in [0.3, 0.4) is 0 Å². The van der Waals surface area contributed by atoms with E-state index in [1.165, 1.54) is 39.5 Å². The quantitative estimate of drug-likeness (QED) is 0.116. The van der Waals surface area contributed by atoms with Crippen molar-refractivity contribution in [3.63, 3.8) is 0 Å². The molecular formula is C60H40N2OSi. The van der Waals surface area contributed by atoms with Crippen LogP contribution in [0.15, 0.2) is 246 Å². The standard InChI is InChI=1S/C60H40N2OSi/c1-4-20-41(21-5-1)42-22-18-28-46(38-42)64(44-24-6-2-7-25-44,45-26-8-3-9-27-45)47-29-19-23-43(39-47)61-53-34-14-12-32-50(53)52-40-56(60-58(59(52)61)51-33-13-17-37-57(51)63-60)62-54-35-15-10-30-48(54)49-31-11-16-36-55(49)62/h1-40H/i1D,2D,4D,5D,6D,7D,10D,11D,15D,16D,18D,19D,20D,21D,22D,23D,24D,25D,28D,29D,30D,31D,35D,36D,38D,39D. The van der Waals surface area contributed by atoms with Crippen LogP contribution in [-0.2, 0) is 0 Å². The predicted molar refractivity (Wildman–Crippen MR) is 271 cm³/mol. The van der Waals surface area contributed by atoms with Gasteiger partial charge in [-0.15, -0.1) is 0 Å². The maximum absolute atomic E-state index is 10.9. The van der Waals surface area contributed by atoms with Crippen molar-refractivity contribution in [1.29, 1.82) is 0 Å². The Hall–Kier alpha value is -8.18. The van der Waals surface area contributed by atoms with Crippen molar-refractivity contribution in [3.05, 3.63) is 242 Å². The predicted octanol–water partition coefficient (Wildman–Crippen LogP) is 12.8. The van der Waals surface area contributed by atoms with E-state index in [2.05, 4.69) is 0 Å². The van der Waals surface area contributed by atoms with E-state index in [0.29, 0.717) is 10.8 Å². The fraction of sp³-hybridized carbons (Fsp3) is 0. The normalized spacial score (nSPS) is 18.5. The van der Waals surface area contributed by atoms with Gasteiger partial charge in [-0.2, -0.15) is 0 Å². The number of hydrogen-bond acceptors (Lipinski definition) is 1. The Morgan fingerprint density at radius 3 is 1.77 bits per heavy atom. The summed E-state index contributed by atoms with van der Waals surface area (Å²) in [7, 11) is -5.76. The molecule has 0 N–H and O–H groups in total. The van der Waals surface area contributed by atoms with Gasteiger partial charge in [0.2, 0.25) is 0 Å². The largest absolute Gasteiger partial charge is 0.454 e. The molecule has 1 atom stereocenters. The van der Waals surface area contributed by atoms with Crippen LogP contribution >= 0.6 is 0 Å². The zero-order valence-corrected chi connectivity index (χ0v) is 33.9. The first-order valence-corrected chi connectivity index (χ1v) is 21.9. The molecule has 13 aromatic rings. The van der Waals surface area contributed by atoms with Gasteiger partial charge in [0.25, 0.3) is 0 Å². The molecule has 3 aromatic heterocycles. The van der Waals surface area contributed by atoms with Crippen LogP contribution in [0.25, 0.3) is 88.1 Å². The Morgan fingerprint density at radius 1 is 0.406 bits per heavy atom. The number of para-hydroxylation sites is 4. The van der Waals surface area contributed by atoms with Crippen molar-refractivity contribution in [2.45, 2.75) is 0 Å². The molecule has 3 heterocycles. The number of aromatic nitrogens is 2. The SMILES string of the molecule is [2H]c1c([2H])c([2H])c(-c2c([2H])c([2H])c([2H])c([Si](c3ccccc3)(c3c([2H])c([2H])c([2H])c([2H])c3[2H])c3c([2H])c([2H])c([2H])c(-n4c5ccccc5c5cc(-n6c7c([2H])c([2H])c([2H])c([2H])c7c7c([2H])c([2H])c([2H])c([2H])c76)c6oc7ccccc7c6c54)c3[2H])c2[2H])c([2H])c1[2H]. The lowest BCUT2D eigenvalue weighted by atomic mass is 10.1. The zero-order valence-electron chi connectivity index (χ0n) is 58.9. The monoisotopic (exact) mass is 858 g/mol. The van der Waals surface area contributed by atoms with E-state index >= 15 is 0 Å². The highest BCUT2D eigenvalue weighted by molar-refractivity contribution is 7.20. The van der Waals surface area contributed by atoms with E-state index in [9.17, 15) is 21.9 Å². The summed E-state index contributed by atoms with van der Waals surface area (Å²) in [5, 5.41) is -1.65. The molecule has 64 heavy (non-hydrogen) atoms. The summed E-state index contributed by atoms with van der Waals surface area (Å²) in [6, 6.07) is -0.188. The third kappa shape index (κ3) is 5.33. The number of rotatable bonds is 7. The van der Waals surface area contributed by atoms with Crippen molar-refractivity contribution in [1.82, 2.24) is 9.13 Å². The molecule has 0 saturated carbocycles. The first kappa shape index (κ1) is 19.1. The van der Waals surface area contributed by atoms with Crippen molar-refractivity contribution < 1.29 is 40.1 Å². The summed E-state index contributed by atoms with van der Waals surface area (Å²) >= 11 is 0. The molecule has 0 spiro atoms. The third-order valence-corrected chi connectivity index (χ3v) is 15.8. The Kier molecular flexibility index (Phi) is 4.30. The fourth-order valence-corrected chi connectivity index (χ4v) is 12.9. The first-order valence-electron chi connectivity index (χ1n) is 32.9. The van der Waals surface area contributed by atoms with E-state index in [0.717, 1.165) is 0 Å². The van der Waals surface area contributed by atoms with Crippen LogP contribution < -0.4 is 20.7 Å². The summed E-state index contributed by atoms with van der Waals surface area (Å²) in [4.78, 5) is 0. The van der Waals surface area contributed by atoms with Crippen LogP contribution in [-0.4, -0.2) is 17.2 Å². The summed E-state index contributed by atoms with van der Waals surface area (Å²) in [5.41, 5.74) is -2.17. The molecule has 4 heteroatoms. The molecule has 0 saturated heterocycles. The molecule has 10 aromatic carbocycles. The first-order chi connectivity index (χ1) is 42.6. The van der Waals surface area contributed by atoms with Crippen molar-refractivity contribution in [3.8, 4) is 22.5 Å². The number of hydrogen-bond donors (Lipinski definition) is 0. The Labute approximate surface area is 407 Å². The molecule has 0 bridgehead atoms. The topological polar surface area (TPSA) is 23.0 Å². The van der Waals surface area contributed by atoms with Crippen LogP contribution in [0, 0.1) is 0 Å².